The fourth-order valence-corrected chi connectivity index (χ4v) is 3.86. The molecule has 0 aromatic heterocycles. The highest BCUT2D eigenvalue weighted by molar-refractivity contribution is 5.68. The molecule has 0 spiro atoms. The van der Waals surface area contributed by atoms with Gasteiger partial charge in [0.25, 0.3) is 0 Å². The summed E-state index contributed by atoms with van der Waals surface area (Å²) in [5.74, 6) is 0. The minimum atomic E-state index is -1.19. The molecule has 0 saturated carbocycles. The van der Waals surface area contributed by atoms with Gasteiger partial charge in [-0.2, -0.15) is 0 Å². The molecule has 0 aliphatic carbocycles. The Balaban J connectivity index is 1.76. The average Bonchev–Trinajstić information content (AvgIpc) is 2.80. The van der Waals surface area contributed by atoms with Gasteiger partial charge in [-0.1, -0.05) is 72.7 Å². The molecule has 4 atom stereocenters. The molecule has 0 radical (unpaired) electrons. The highest BCUT2D eigenvalue weighted by Crippen LogP contribution is 2.28. The van der Waals surface area contributed by atoms with Crippen molar-refractivity contribution in [3.05, 3.63) is 82.2 Å². The summed E-state index contributed by atoms with van der Waals surface area (Å²) in [6.45, 7) is 2.51. The molecule has 1 heterocycles. The molecule has 2 aromatic rings. The van der Waals surface area contributed by atoms with Crippen LogP contribution in [0.4, 0.5) is 4.79 Å². The number of benzene rings is 2. The Hall–Kier alpha value is -3.06. The Morgan fingerprint density at radius 3 is 2.42 bits per heavy atom. The predicted octanol–water partition coefficient (Wildman–Crippen LogP) is 4.78. The number of aliphatic hydroxyl groups is 1. The fraction of sp³-hybridized carbons (Fsp3) is 0.435. The molecule has 31 heavy (non-hydrogen) atoms. The molecule has 0 bridgehead atoms. The maximum Gasteiger partial charge on any atom is 0.410 e. The van der Waals surface area contributed by atoms with Crippen molar-refractivity contribution in [1.82, 2.24) is 4.90 Å². The first-order valence-electron chi connectivity index (χ1n) is 10.5. The predicted molar refractivity (Wildman–Crippen MR) is 116 cm³/mol. The van der Waals surface area contributed by atoms with Gasteiger partial charge in [0.1, 0.15) is 6.61 Å². The summed E-state index contributed by atoms with van der Waals surface area (Å²) in [6.07, 6.45) is -0.339. The van der Waals surface area contributed by atoms with Crippen LogP contribution >= 0.6 is 0 Å². The van der Waals surface area contributed by atoms with E-state index in [4.69, 9.17) is 15.0 Å². The lowest BCUT2D eigenvalue weighted by molar-refractivity contribution is -0.188. The third-order valence-electron chi connectivity index (χ3n) is 5.47. The molecule has 164 valence electrons. The summed E-state index contributed by atoms with van der Waals surface area (Å²) in [5, 5.41) is 13.9. The van der Waals surface area contributed by atoms with Crippen LogP contribution in [0.25, 0.3) is 10.4 Å². The fourth-order valence-electron chi connectivity index (χ4n) is 3.86. The van der Waals surface area contributed by atoms with E-state index in [0.717, 1.165) is 11.1 Å². The highest BCUT2D eigenvalue weighted by atomic mass is 16.6. The van der Waals surface area contributed by atoms with Gasteiger partial charge in [0, 0.05) is 11.5 Å². The Labute approximate surface area is 182 Å². The number of carbonyl (C=O) groups excluding carboxylic acids is 1. The minimum absolute atomic E-state index is 0.175. The first-order valence-corrected chi connectivity index (χ1v) is 10.5. The van der Waals surface area contributed by atoms with E-state index in [-0.39, 0.29) is 12.6 Å². The van der Waals surface area contributed by atoms with Crippen LogP contribution in [0.5, 0.6) is 0 Å². The number of azide groups is 1. The first kappa shape index (κ1) is 22.6. The number of nitrogens with zero attached hydrogens (tertiary/aromatic N) is 4. The molecule has 8 nitrogen and oxygen atoms in total. The second-order valence-corrected chi connectivity index (χ2v) is 7.54. The van der Waals surface area contributed by atoms with Crippen LogP contribution in [0, 0.1) is 0 Å². The van der Waals surface area contributed by atoms with Gasteiger partial charge in [-0.15, -0.1) is 0 Å². The lowest BCUT2D eigenvalue weighted by Crippen LogP contribution is -2.51. The van der Waals surface area contributed by atoms with Crippen molar-refractivity contribution in [3.63, 3.8) is 0 Å². The SMILES string of the molecule is CCC(C1CCC(N=[N+]=[N-])C(O)O1)N(Cc1ccccc1)C(=O)OCc1ccccc1. The Kier molecular flexibility index (Phi) is 8.29. The standard InChI is InChI=1S/C23H28N4O4/c1-2-20(21-14-13-19(25-26-24)22(28)31-21)27(15-17-9-5-3-6-10-17)23(29)30-16-18-11-7-4-8-12-18/h3-12,19-22,28H,2,13-16H2,1H3. The minimum Gasteiger partial charge on any atom is -0.445 e. The number of ether oxygens (including phenoxy) is 2. The summed E-state index contributed by atoms with van der Waals surface area (Å²) in [4.78, 5) is 17.6. The van der Waals surface area contributed by atoms with Gasteiger partial charge in [-0.3, -0.25) is 4.90 Å². The first-order chi connectivity index (χ1) is 15.1. The molecule has 8 heteroatoms. The summed E-state index contributed by atoms with van der Waals surface area (Å²) >= 11 is 0. The molecule has 1 amide bonds. The second-order valence-electron chi connectivity index (χ2n) is 7.54. The van der Waals surface area contributed by atoms with Crippen molar-refractivity contribution in [2.75, 3.05) is 0 Å². The molecular formula is C23H28N4O4. The maximum atomic E-state index is 13.1. The lowest BCUT2D eigenvalue weighted by Gasteiger charge is -2.40. The highest BCUT2D eigenvalue weighted by Gasteiger charge is 2.37. The van der Waals surface area contributed by atoms with Crippen molar-refractivity contribution in [2.24, 2.45) is 5.11 Å². The molecule has 1 aliphatic heterocycles. The molecule has 4 unspecified atom stereocenters. The van der Waals surface area contributed by atoms with Crippen LogP contribution in [0.2, 0.25) is 0 Å². The van der Waals surface area contributed by atoms with Crippen molar-refractivity contribution in [1.29, 1.82) is 0 Å². The average molecular weight is 425 g/mol. The van der Waals surface area contributed by atoms with Crippen LogP contribution in [0.3, 0.4) is 0 Å². The van der Waals surface area contributed by atoms with Crippen LogP contribution in [-0.2, 0) is 22.6 Å². The lowest BCUT2D eigenvalue weighted by atomic mass is 9.96. The molecule has 1 aliphatic rings. The summed E-state index contributed by atoms with van der Waals surface area (Å²) < 4.78 is 11.4. The quantitative estimate of drug-likeness (QED) is 0.374. The number of hydrogen-bond donors (Lipinski definition) is 1. The van der Waals surface area contributed by atoms with Gasteiger partial charge in [0.05, 0.1) is 18.2 Å². The zero-order valence-corrected chi connectivity index (χ0v) is 17.6. The maximum absolute atomic E-state index is 13.1. The second kappa shape index (κ2) is 11.4. The molecule has 1 fully saturated rings. The summed E-state index contributed by atoms with van der Waals surface area (Å²) in [7, 11) is 0. The van der Waals surface area contributed by atoms with Crippen molar-refractivity contribution in [2.45, 2.75) is 63.8 Å². The van der Waals surface area contributed by atoms with Gasteiger partial charge in [-0.05, 0) is 35.9 Å². The van der Waals surface area contributed by atoms with Crippen molar-refractivity contribution < 1.29 is 19.4 Å². The number of aliphatic hydroxyl groups excluding tert-OH is 1. The van der Waals surface area contributed by atoms with E-state index in [1.54, 1.807) is 4.90 Å². The van der Waals surface area contributed by atoms with Gasteiger partial charge < -0.3 is 14.6 Å². The van der Waals surface area contributed by atoms with E-state index in [9.17, 15) is 9.90 Å². The van der Waals surface area contributed by atoms with Crippen LogP contribution in [-0.4, -0.2) is 40.6 Å². The number of amides is 1. The van der Waals surface area contributed by atoms with Crippen LogP contribution in [0.1, 0.15) is 37.3 Å². The van der Waals surface area contributed by atoms with Gasteiger partial charge in [0.2, 0.25) is 0 Å². The van der Waals surface area contributed by atoms with E-state index < -0.39 is 24.5 Å². The number of hydrogen-bond acceptors (Lipinski definition) is 5. The topological polar surface area (TPSA) is 108 Å². The van der Waals surface area contributed by atoms with Gasteiger partial charge >= 0.3 is 6.09 Å². The molecule has 1 saturated heterocycles. The van der Waals surface area contributed by atoms with E-state index in [0.29, 0.717) is 25.8 Å². The van der Waals surface area contributed by atoms with Crippen molar-refractivity contribution >= 4 is 6.09 Å². The summed E-state index contributed by atoms with van der Waals surface area (Å²) in [6, 6.07) is 18.3. The number of rotatable bonds is 8. The molecule has 2 aromatic carbocycles. The van der Waals surface area contributed by atoms with Crippen molar-refractivity contribution in [3.8, 4) is 0 Å². The third kappa shape index (κ3) is 6.21. The Morgan fingerprint density at radius 1 is 1.19 bits per heavy atom. The van der Waals surface area contributed by atoms with Gasteiger partial charge in [-0.25, -0.2) is 4.79 Å². The smallest absolute Gasteiger partial charge is 0.410 e. The molecule has 1 N–H and O–H groups in total. The van der Waals surface area contributed by atoms with E-state index in [2.05, 4.69) is 10.0 Å². The Morgan fingerprint density at radius 2 is 1.84 bits per heavy atom. The van der Waals surface area contributed by atoms with Gasteiger partial charge in [0.15, 0.2) is 6.29 Å². The third-order valence-corrected chi connectivity index (χ3v) is 5.47. The monoisotopic (exact) mass is 424 g/mol. The van der Waals surface area contributed by atoms with Crippen LogP contribution in [0.15, 0.2) is 65.8 Å². The van der Waals surface area contributed by atoms with Crippen LogP contribution < -0.4 is 0 Å². The zero-order chi connectivity index (χ0) is 22.1. The largest absolute Gasteiger partial charge is 0.445 e. The van der Waals surface area contributed by atoms with E-state index in [1.165, 1.54) is 0 Å². The Bertz CT molecular complexity index is 874. The summed E-state index contributed by atoms with van der Waals surface area (Å²) in [5.41, 5.74) is 10.5. The normalized spacial score (nSPS) is 21.5. The molecule has 3 rings (SSSR count). The zero-order valence-electron chi connectivity index (χ0n) is 17.6. The number of carbonyl (C=O) groups is 1. The van der Waals surface area contributed by atoms with E-state index >= 15 is 0 Å². The molecular weight excluding hydrogens is 396 g/mol. The van der Waals surface area contributed by atoms with E-state index in [1.807, 2.05) is 67.6 Å².